The van der Waals surface area contributed by atoms with Gasteiger partial charge in [0.15, 0.2) is 0 Å². The molecule has 1 rings (SSSR count). The number of benzene rings is 1. The average Bonchev–Trinajstić information content (AvgIpc) is 2.09. The highest BCUT2D eigenvalue weighted by atomic mass is 35.5. The molecular weight excluding hydrogens is 221 g/mol. The van der Waals surface area contributed by atoms with Gasteiger partial charge in [0.1, 0.15) is 5.75 Å². The second-order valence-corrected chi connectivity index (χ2v) is 3.27. The summed E-state index contributed by atoms with van der Waals surface area (Å²) in [6.07, 6.45) is 2.33. The van der Waals surface area contributed by atoms with Crippen LogP contribution < -0.4 is 5.73 Å². The highest BCUT2D eigenvalue weighted by Gasteiger charge is 2.09. The molecule has 1 atom stereocenters. The summed E-state index contributed by atoms with van der Waals surface area (Å²) in [5.41, 5.74) is 6.44. The van der Waals surface area contributed by atoms with E-state index >= 15 is 0 Å². The fraction of sp³-hybridized carbons (Fsp3) is 0.200. The fourth-order valence-electron chi connectivity index (χ4n) is 1.13. The summed E-state index contributed by atoms with van der Waals surface area (Å²) in [6, 6.07) is 4.60. The maximum absolute atomic E-state index is 9.46. The van der Waals surface area contributed by atoms with Crippen LogP contribution in [0.4, 0.5) is 0 Å². The third-order valence-corrected chi connectivity index (χ3v) is 2.04. The topological polar surface area (TPSA) is 46.2 Å². The van der Waals surface area contributed by atoms with Gasteiger partial charge in [-0.05, 0) is 24.6 Å². The van der Waals surface area contributed by atoms with Gasteiger partial charge in [0, 0.05) is 16.6 Å². The fourth-order valence-corrected chi connectivity index (χ4v) is 1.31. The summed E-state index contributed by atoms with van der Waals surface area (Å²) in [7, 11) is 0. The van der Waals surface area contributed by atoms with Crippen LogP contribution in [-0.2, 0) is 0 Å². The lowest BCUT2D eigenvalue weighted by molar-refractivity contribution is 0.461. The summed E-state index contributed by atoms with van der Waals surface area (Å²) in [5.74, 6) is 0.179. The number of phenolic OH excluding ortho intramolecular Hbond substituents is 1. The first-order valence-corrected chi connectivity index (χ1v) is 4.38. The Hall–Kier alpha value is -0.700. The van der Waals surface area contributed by atoms with Crippen molar-refractivity contribution in [2.24, 2.45) is 5.73 Å². The van der Waals surface area contributed by atoms with Gasteiger partial charge in [-0.1, -0.05) is 17.7 Å². The third-order valence-electron chi connectivity index (χ3n) is 1.81. The molecule has 0 unspecified atom stereocenters. The van der Waals surface area contributed by atoms with Gasteiger partial charge >= 0.3 is 0 Å². The van der Waals surface area contributed by atoms with Crippen molar-refractivity contribution < 1.29 is 5.11 Å². The molecule has 4 heteroatoms. The van der Waals surface area contributed by atoms with Gasteiger partial charge < -0.3 is 10.8 Å². The summed E-state index contributed by atoms with van der Waals surface area (Å²) in [5, 5.41) is 10.0. The Bertz CT molecular complexity index is 315. The minimum Gasteiger partial charge on any atom is -0.508 e. The van der Waals surface area contributed by atoms with Gasteiger partial charge in [-0.2, -0.15) is 0 Å². The molecule has 2 nitrogen and oxygen atoms in total. The van der Waals surface area contributed by atoms with Crippen molar-refractivity contribution in [2.75, 3.05) is 0 Å². The summed E-state index contributed by atoms with van der Waals surface area (Å²) < 4.78 is 0. The van der Waals surface area contributed by atoms with Crippen LogP contribution in [0.3, 0.4) is 0 Å². The largest absolute Gasteiger partial charge is 0.508 e. The first-order chi connectivity index (χ1) is 6.15. The molecule has 0 heterocycles. The van der Waals surface area contributed by atoms with Crippen molar-refractivity contribution in [3.8, 4) is 5.75 Å². The minimum absolute atomic E-state index is 0. The zero-order valence-electron chi connectivity index (χ0n) is 7.61. The standard InChI is InChI=1S/C10H12ClNO.ClH/c1-2-3-9(12)8-6-7(11)4-5-10(8)13;/h2,4-6,9,13H,1,3,12H2;1H/t9-;/m1./s1. The van der Waals surface area contributed by atoms with Crippen LogP contribution in [-0.4, -0.2) is 5.11 Å². The first kappa shape index (κ1) is 13.3. The SMILES string of the molecule is C=CC[C@@H](N)c1cc(Cl)ccc1O.Cl. The molecule has 1 aromatic carbocycles. The van der Waals surface area contributed by atoms with E-state index in [9.17, 15) is 5.11 Å². The van der Waals surface area contributed by atoms with Gasteiger partial charge in [0.25, 0.3) is 0 Å². The van der Waals surface area contributed by atoms with Crippen LogP contribution >= 0.6 is 24.0 Å². The number of nitrogens with two attached hydrogens (primary N) is 1. The predicted molar refractivity (Wildman–Crippen MR) is 62.1 cm³/mol. The molecule has 0 fully saturated rings. The van der Waals surface area contributed by atoms with Crippen molar-refractivity contribution in [3.05, 3.63) is 41.4 Å². The molecule has 0 aliphatic heterocycles. The minimum atomic E-state index is -0.240. The van der Waals surface area contributed by atoms with E-state index in [0.717, 1.165) is 0 Å². The van der Waals surface area contributed by atoms with Gasteiger partial charge in [-0.15, -0.1) is 19.0 Å². The number of halogens is 2. The molecule has 0 aromatic heterocycles. The van der Waals surface area contributed by atoms with Crippen LogP contribution in [0.2, 0.25) is 5.02 Å². The molecule has 14 heavy (non-hydrogen) atoms. The Balaban J connectivity index is 0.00000169. The second-order valence-electron chi connectivity index (χ2n) is 2.83. The van der Waals surface area contributed by atoms with E-state index in [2.05, 4.69) is 6.58 Å². The molecular formula is C10H13Cl2NO. The molecule has 0 spiro atoms. The quantitative estimate of drug-likeness (QED) is 0.789. The van der Waals surface area contributed by atoms with Crippen molar-refractivity contribution >= 4 is 24.0 Å². The second kappa shape index (κ2) is 5.91. The van der Waals surface area contributed by atoms with Gasteiger partial charge in [-0.3, -0.25) is 0 Å². The number of phenols is 1. The average molecular weight is 234 g/mol. The van der Waals surface area contributed by atoms with E-state index < -0.39 is 0 Å². The van der Waals surface area contributed by atoms with Gasteiger partial charge in [0.05, 0.1) is 0 Å². The normalized spacial score (nSPS) is 11.6. The Labute approximate surface area is 94.8 Å². The van der Waals surface area contributed by atoms with Crippen LogP contribution in [0.1, 0.15) is 18.0 Å². The molecule has 3 N–H and O–H groups in total. The van der Waals surface area contributed by atoms with Crippen molar-refractivity contribution in [1.82, 2.24) is 0 Å². The molecule has 1 aromatic rings. The smallest absolute Gasteiger partial charge is 0.120 e. The van der Waals surface area contributed by atoms with Crippen LogP contribution in [0.25, 0.3) is 0 Å². The highest BCUT2D eigenvalue weighted by Crippen LogP contribution is 2.27. The molecule has 0 saturated carbocycles. The Morgan fingerprint density at radius 1 is 1.57 bits per heavy atom. The number of hydrogen-bond acceptors (Lipinski definition) is 2. The van der Waals surface area contributed by atoms with E-state index in [1.807, 2.05) is 0 Å². The van der Waals surface area contributed by atoms with Gasteiger partial charge in [0.2, 0.25) is 0 Å². The van der Waals surface area contributed by atoms with Crippen molar-refractivity contribution in [2.45, 2.75) is 12.5 Å². The van der Waals surface area contributed by atoms with Gasteiger partial charge in [-0.25, -0.2) is 0 Å². The molecule has 0 bridgehead atoms. The number of aromatic hydroxyl groups is 1. The van der Waals surface area contributed by atoms with E-state index in [0.29, 0.717) is 17.0 Å². The molecule has 0 aliphatic carbocycles. The lowest BCUT2D eigenvalue weighted by atomic mass is 10.0. The van der Waals surface area contributed by atoms with Crippen molar-refractivity contribution in [3.63, 3.8) is 0 Å². The van der Waals surface area contributed by atoms with Crippen LogP contribution in [0, 0.1) is 0 Å². The van der Waals surface area contributed by atoms with E-state index in [-0.39, 0.29) is 24.2 Å². The van der Waals surface area contributed by atoms with Crippen molar-refractivity contribution in [1.29, 1.82) is 0 Å². The predicted octanol–water partition coefficient (Wildman–Crippen LogP) is 3.04. The monoisotopic (exact) mass is 233 g/mol. The molecule has 78 valence electrons. The Morgan fingerprint density at radius 3 is 2.79 bits per heavy atom. The summed E-state index contributed by atoms with van der Waals surface area (Å²) >= 11 is 5.77. The third kappa shape index (κ3) is 3.22. The van der Waals surface area contributed by atoms with E-state index in [1.165, 1.54) is 0 Å². The van der Waals surface area contributed by atoms with Crippen LogP contribution in [0.15, 0.2) is 30.9 Å². The molecule has 0 saturated heterocycles. The molecule has 0 radical (unpaired) electrons. The lowest BCUT2D eigenvalue weighted by Gasteiger charge is -2.11. The highest BCUT2D eigenvalue weighted by molar-refractivity contribution is 6.30. The van der Waals surface area contributed by atoms with E-state index in [4.69, 9.17) is 17.3 Å². The number of rotatable bonds is 3. The Morgan fingerprint density at radius 2 is 2.21 bits per heavy atom. The maximum Gasteiger partial charge on any atom is 0.120 e. The van der Waals surface area contributed by atoms with Crippen LogP contribution in [0.5, 0.6) is 5.75 Å². The zero-order valence-corrected chi connectivity index (χ0v) is 9.18. The lowest BCUT2D eigenvalue weighted by Crippen LogP contribution is -2.09. The zero-order chi connectivity index (χ0) is 9.84. The van der Waals surface area contributed by atoms with E-state index in [1.54, 1.807) is 24.3 Å². The maximum atomic E-state index is 9.46. The summed E-state index contributed by atoms with van der Waals surface area (Å²) in [6.45, 7) is 3.58. The number of hydrogen-bond donors (Lipinski definition) is 2. The molecule has 0 amide bonds. The summed E-state index contributed by atoms with van der Waals surface area (Å²) in [4.78, 5) is 0. The first-order valence-electron chi connectivity index (χ1n) is 4.00. The Kier molecular flexibility index (Phi) is 5.62. The molecule has 0 aliphatic rings.